The summed E-state index contributed by atoms with van der Waals surface area (Å²) in [5, 5.41) is 10.2. The van der Waals surface area contributed by atoms with Gasteiger partial charge in [0.1, 0.15) is 5.75 Å². The number of aliphatic hydroxyl groups is 1. The molecular weight excluding hydrogens is 288 g/mol. The molecule has 0 amide bonds. The summed E-state index contributed by atoms with van der Waals surface area (Å²) in [5.74, 6) is 0.0867. The molecule has 0 saturated heterocycles. The summed E-state index contributed by atoms with van der Waals surface area (Å²) in [6.07, 6.45) is -0.686. The average Bonchev–Trinajstić information content (AvgIpc) is 2.48. The maximum Gasteiger partial charge on any atom is 0.387 e. The first-order valence-electron chi connectivity index (χ1n) is 7.00. The Morgan fingerprint density at radius 3 is 2.27 bits per heavy atom. The third-order valence-corrected chi connectivity index (χ3v) is 3.27. The lowest BCUT2D eigenvalue weighted by Gasteiger charge is -2.21. The van der Waals surface area contributed by atoms with Crippen LogP contribution < -0.4 is 4.74 Å². The van der Waals surface area contributed by atoms with Crippen molar-refractivity contribution >= 4 is 0 Å². The third kappa shape index (κ3) is 5.09. The number of alkyl halides is 2. The van der Waals surface area contributed by atoms with Crippen LogP contribution in [0.5, 0.6) is 5.75 Å². The molecule has 22 heavy (non-hydrogen) atoms. The van der Waals surface area contributed by atoms with Gasteiger partial charge < -0.3 is 9.84 Å². The van der Waals surface area contributed by atoms with E-state index in [1.165, 1.54) is 12.1 Å². The third-order valence-electron chi connectivity index (χ3n) is 3.27. The number of hydrogen-bond acceptors (Lipinski definition) is 3. The van der Waals surface area contributed by atoms with Crippen LogP contribution in [-0.4, -0.2) is 30.2 Å². The largest absolute Gasteiger partial charge is 0.435 e. The van der Waals surface area contributed by atoms with Gasteiger partial charge in [0.05, 0.1) is 6.10 Å². The summed E-state index contributed by atoms with van der Waals surface area (Å²) in [4.78, 5) is 2.00. The number of rotatable bonds is 7. The van der Waals surface area contributed by atoms with Gasteiger partial charge in [-0.15, -0.1) is 0 Å². The Labute approximate surface area is 128 Å². The zero-order valence-corrected chi connectivity index (χ0v) is 12.3. The molecule has 2 aromatic rings. The van der Waals surface area contributed by atoms with Crippen LogP contribution in [-0.2, 0) is 6.54 Å². The molecule has 1 atom stereocenters. The predicted molar refractivity (Wildman–Crippen MR) is 80.8 cm³/mol. The van der Waals surface area contributed by atoms with E-state index in [0.29, 0.717) is 12.1 Å². The Hall–Kier alpha value is -1.98. The van der Waals surface area contributed by atoms with E-state index in [-0.39, 0.29) is 5.75 Å². The molecule has 2 aromatic carbocycles. The van der Waals surface area contributed by atoms with Gasteiger partial charge in [-0.2, -0.15) is 8.78 Å². The monoisotopic (exact) mass is 307 g/mol. The molecule has 0 heterocycles. The van der Waals surface area contributed by atoms with E-state index in [0.717, 1.165) is 12.1 Å². The van der Waals surface area contributed by atoms with E-state index < -0.39 is 12.7 Å². The summed E-state index contributed by atoms with van der Waals surface area (Å²) in [7, 11) is 1.92. The quantitative estimate of drug-likeness (QED) is 0.850. The predicted octanol–water partition coefficient (Wildman–Crippen LogP) is 3.45. The fraction of sp³-hybridized carbons (Fsp3) is 0.294. The van der Waals surface area contributed by atoms with Gasteiger partial charge in [0.15, 0.2) is 0 Å². The van der Waals surface area contributed by atoms with E-state index in [2.05, 4.69) is 4.74 Å². The number of benzene rings is 2. The molecule has 1 unspecified atom stereocenters. The lowest BCUT2D eigenvalue weighted by atomic mass is 10.1. The van der Waals surface area contributed by atoms with E-state index in [1.807, 2.05) is 42.3 Å². The van der Waals surface area contributed by atoms with Crippen molar-refractivity contribution in [1.29, 1.82) is 0 Å². The highest BCUT2D eigenvalue weighted by Gasteiger charge is 2.12. The molecule has 0 aromatic heterocycles. The molecule has 0 aliphatic heterocycles. The van der Waals surface area contributed by atoms with Gasteiger partial charge >= 0.3 is 6.61 Å². The molecule has 5 heteroatoms. The van der Waals surface area contributed by atoms with E-state index in [1.54, 1.807) is 12.1 Å². The highest BCUT2D eigenvalue weighted by atomic mass is 19.3. The van der Waals surface area contributed by atoms with Crippen LogP contribution in [0, 0.1) is 0 Å². The molecular formula is C17H19F2NO2. The van der Waals surface area contributed by atoms with Crippen molar-refractivity contribution < 1.29 is 18.6 Å². The van der Waals surface area contributed by atoms with Crippen LogP contribution in [0.4, 0.5) is 8.78 Å². The molecule has 0 aliphatic rings. The van der Waals surface area contributed by atoms with Crippen molar-refractivity contribution in [1.82, 2.24) is 4.90 Å². The topological polar surface area (TPSA) is 32.7 Å². The second-order valence-electron chi connectivity index (χ2n) is 5.15. The van der Waals surface area contributed by atoms with Gasteiger partial charge in [0, 0.05) is 13.1 Å². The van der Waals surface area contributed by atoms with Crippen LogP contribution in [0.25, 0.3) is 0 Å². The average molecular weight is 307 g/mol. The zero-order chi connectivity index (χ0) is 15.9. The second kappa shape index (κ2) is 7.87. The molecule has 1 N–H and O–H groups in total. The Balaban J connectivity index is 1.89. The number of halogens is 2. The standard InChI is InChI=1S/C17H19F2NO2/c1-20(11-13-5-3-2-4-6-13)12-16(21)14-7-9-15(10-8-14)22-17(18)19/h2-10,16-17,21H,11-12H2,1H3. The molecule has 0 saturated carbocycles. The molecule has 0 aliphatic carbocycles. The van der Waals surface area contributed by atoms with Crippen LogP contribution >= 0.6 is 0 Å². The molecule has 2 rings (SSSR count). The van der Waals surface area contributed by atoms with Gasteiger partial charge in [-0.3, -0.25) is 4.90 Å². The van der Waals surface area contributed by atoms with Gasteiger partial charge in [0.2, 0.25) is 0 Å². The first-order valence-corrected chi connectivity index (χ1v) is 7.00. The highest BCUT2D eigenvalue weighted by Crippen LogP contribution is 2.20. The number of likely N-dealkylation sites (N-methyl/N-ethyl adjacent to an activating group) is 1. The Bertz CT molecular complexity index is 561. The Morgan fingerprint density at radius 2 is 1.68 bits per heavy atom. The van der Waals surface area contributed by atoms with E-state index >= 15 is 0 Å². The van der Waals surface area contributed by atoms with Crippen LogP contribution in [0.1, 0.15) is 17.2 Å². The molecule has 0 fully saturated rings. The summed E-state index contributed by atoms with van der Waals surface area (Å²) >= 11 is 0. The summed E-state index contributed by atoms with van der Waals surface area (Å²) in [6.45, 7) is -1.66. The maximum absolute atomic E-state index is 12.1. The van der Waals surface area contributed by atoms with Crippen molar-refractivity contribution in [2.45, 2.75) is 19.3 Å². The number of ether oxygens (including phenoxy) is 1. The molecule has 3 nitrogen and oxygen atoms in total. The van der Waals surface area contributed by atoms with Crippen molar-refractivity contribution in [3.63, 3.8) is 0 Å². The number of hydrogen-bond donors (Lipinski definition) is 1. The van der Waals surface area contributed by atoms with Gasteiger partial charge in [-0.25, -0.2) is 0 Å². The first-order chi connectivity index (χ1) is 10.5. The van der Waals surface area contributed by atoms with Crippen LogP contribution in [0.15, 0.2) is 54.6 Å². The molecule has 118 valence electrons. The minimum absolute atomic E-state index is 0.0867. The minimum atomic E-state index is -2.84. The van der Waals surface area contributed by atoms with Crippen molar-refractivity contribution in [2.75, 3.05) is 13.6 Å². The van der Waals surface area contributed by atoms with Crippen molar-refractivity contribution in [3.05, 3.63) is 65.7 Å². The molecule has 0 bridgehead atoms. The van der Waals surface area contributed by atoms with Gasteiger partial charge in [-0.1, -0.05) is 42.5 Å². The normalized spacial score (nSPS) is 12.6. The highest BCUT2D eigenvalue weighted by molar-refractivity contribution is 5.28. The number of aliphatic hydroxyl groups excluding tert-OH is 1. The minimum Gasteiger partial charge on any atom is -0.435 e. The lowest BCUT2D eigenvalue weighted by molar-refractivity contribution is -0.0498. The van der Waals surface area contributed by atoms with Gasteiger partial charge in [-0.05, 0) is 30.3 Å². The maximum atomic E-state index is 12.1. The van der Waals surface area contributed by atoms with Crippen LogP contribution in [0.3, 0.4) is 0 Å². The van der Waals surface area contributed by atoms with Crippen LogP contribution in [0.2, 0.25) is 0 Å². The van der Waals surface area contributed by atoms with Crippen molar-refractivity contribution in [3.8, 4) is 5.75 Å². The Morgan fingerprint density at radius 1 is 1.05 bits per heavy atom. The number of nitrogens with zero attached hydrogens (tertiary/aromatic N) is 1. The van der Waals surface area contributed by atoms with E-state index in [4.69, 9.17) is 0 Å². The van der Waals surface area contributed by atoms with Crippen molar-refractivity contribution in [2.24, 2.45) is 0 Å². The fourth-order valence-electron chi connectivity index (χ4n) is 2.23. The smallest absolute Gasteiger partial charge is 0.387 e. The SMILES string of the molecule is CN(Cc1ccccc1)CC(O)c1ccc(OC(F)F)cc1. The fourth-order valence-corrected chi connectivity index (χ4v) is 2.23. The first kappa shape index (κ1) is 16.4. The molecule has 0 radical (unpaired) electrons. The summed E-state index contributed by atoms with van der Waals surface area (Å²) < 4.78 is 28.4. The Kier molecular flexibility index (Phi) is 5.86. The van der Waals surface area contributed by atoms with Gasteiger partial charge in [0.25, 0.3) is 0 Å². The second-order valence-corrected chi connectivity index (χ2v) is 5.15. The summed E-state index contributed by atoms with van der Waals surface area (Å²) in [5.41, 5.74) is 1.83. The lowest BCUT2D eigenvalue weighted by Crippen LogP contribution is -2.24. The van der Waals surface area contributed by atoms with E-state index in [9.17, 15) is 13.9 Å². The molecule has 0 spiro atoms. The zero-order valence-electron chi connectivity index (χ0n) is 12.3. The summed E-state index contributed by atoms with van der Waals surface area (Å²) in [6, 6.07) is 16.0.